The van der Waals surface area contributed by atoms with Crippen molar-refractivity contribution in [3.05, 3.63) is 59.7 Å². The van der Waals surface area contributed by atoms with Crippen LogP contribution in [0, 0.1) is 6.92 Å². The second-order valence-corrected chi connectivity index (χ2v) is 8.35. The third kappa shape index (κ3) is 6.58. The topological polar surface area (TPSA) is 93.2 Å². The van der Waals surface area contributed by atoms with Crippen LogP contribution in [0.2, 0.25) is 0 Å². The van der Waals surface area contributed by atoms with Crippen LogP contribution in [0.5, 0.6) is 5.75 Å². The Morgan fingerprint density at radius 3 is 2.59 bits per heavy atom. The second kappa shape index (κ2) is 10.0. The molecule has 0 aliphatic carbocycles. The Hall–Kier alpha value is -2.91. The van der Waals surface area contributed by atoms with Gasteiger partial charge in [0.25, 0.3) is 0 Å². The standard InChI is InChI=1S/C20H20N4O3S2/c1-13-4-3-5-15(10-13)21-18(26)12-28-20-24-23-19(29-20)22-17(25)11-14-6-8-16(27-2)9-7-14/h3-10H,11-12H2,1-2H3,(H,21,26)(H,22,23,25). The van der Waals surface area contributed by atoms with E-state index < -0.39 is 0 Å². The van der Waals surface area contributed by atoms with E-state index in [4.69, 9.17) is 4.74 Å². The fraction of sp³-hybridized carbons (Fsp3) is 0.200. The first-order valence-electron chi connectivity index (χ1n) is 8.77. The van der Waals surface area contributed by atoms with Gasteiger partial charge in [-0.05, 0) is 42.3 Å². The van der Waals surface area contributed by atoms with Crippen molar-refractivity contribution >= 4 is 45.7 Å². The van der Waals surface area contributed by atoms with Crippen molar-refractivity contribution in [3.63, 3.8) is 0 Å². The zero-order valence-corrected chi connectivity index (χ0v) is 17.6. The number of aromatic nitrogens is 2. The normalized spacial score (nSPS) is 10.4. The molecule has 2 N–H and O–H groups in total. The van der Waals surface area contributed by atoms with E-state index >= 15 is 0 Å². The van der Waals surface area contributed by atoms with Gasteiger partial charge in [0, 0.05) is 5.69 Å². The molecular weight excluding hydrogens is 408 g/mol. The molecule has 3 aromatic rings. The van der Waals surface area contributed by atoms with Gasteiger partial charge < -0.3 is 15.4 Å². The Morgan fingerprint density at radius 2 is 1.86 bits per heavy atom. The van der Waals surface area contributed by atoms with Gasteiger partial charge in [-0.25, -0.2) is 0 Å². The number of ether oxygens (including phenoxy) is 1. The molecule has 0 aliphatic rings. The van der Waals surface area contributed by atoms with Gasteiger partial charge in [0.1, 0.15) is 5.75 Å². The van der Waals surface area contributed by atoms with E-state index in [9.17, 15) is 9.59 Å². The van der Waals surface area contributed by atoms with E-state index in [1.165, 1.54) is 23.1 Å². The van der Waals surface area contributed by atoms with E-state index in [2.05, 4.69) is 20.8 Å². The first-order chi connectivity index (χ1) is 14.0. The molecule has 2 amide bonds. The quantitative estimate of drug-likeness (QED) is 0.419. The summed E-state index contributed by atoms with van der Waals surface area (Å²) in [7, 11) is 1.60. The number of rotatable bonds is 8. The molecule has 2 aromatic carbocycles. The molecule has 9 heteroatoms. The van der Waals surface area contributed by atoms with Gasteiger partial charge in [0.2, 0.25) is 16.9 Å². The highest BCUT2D eigenvalue weighted by Gasteiger charge is 2.11. The van der Waals surface area contributed by atoms with Crippen LogP contribution in [0.4, 0.5) is 10.8 Å². The Labute approximate surface area is 176 Å². The molecule has 1 aromatic heterocycles. The first-order valence-corrected chi connectivity index (χ1v) is 10.6. The van der Waals surface area contributed by atoms with Gasteiger partial charge in [-0.3, -0.25) is 9.59 Å². The lowest BCUT2D eigenvalue weighted by molar-refractivity contribution is -0.115. The van der Waals surface area contributed by atoms with Crippen molar-refractivity contribution in [1.29, 1.82) is 0 Å². The summed E-state index contributed by atoms with van der Waals surface area (Å²) in [5, 5.41) is 14.0. The van der Waals surface area contributed by atoms with Crippen LogP contribution in [0.1, 0.15) is 11.1 Å². The number of anilines is 2. The van der Waals surface area contributed by atoms with Gasteiger partial charge in [-0.2, -0.15) is 0 Å². The Kier molecular flexibility index (Phi) is 7.20. The lowest BCUT2D eigenvalue weighted by Crippen LogP contribution is -2.14. The van der Waals surface area contributed by atoms with Crippen LogP contribution in [0.15, 0.2) is 52.9 Å². The second-order valence-electron chi connectivity index (χ2n) is 6.15. The largest absolute Gasteiger partial charge is 0.497 e. The van der Waals surface area contributed by atoms with Gasteiger partial charge in [0.15, 0.2) is 4.34 Å². The molecule has 1 heterocycles. The molecule has 0 unspecified atom stereocenters. The van der Waals surface area contributed by atoms with E-state index in [0.29, 0.717) is 9.47 Å². The summed E-state index contributed by atoms with van der Waals surface area (Å²) in [6.45, 7) is 1.97. The first kappa shape index (κ1) is 20.8. The fourth-order valence-electron chi connectivity index (χ4n) is 2.46. The fourth-order valence-corrected chi connectivity index (χ4v) is 4.03. The molecule has 29 heavy (non-hydrogen) atoms. The van der Waals surface area contributed by atoms with E-state index in [-0.39, 0.29) is 24.0 Å². The number of hydrogen-bond donors (Lipinski definition) is 2. The average Bonchev–Trinajstić information content (AvgIpc) is 3.14. The van der Waals surface area contributed by atoms with Crippen LogP contribution in [0.3, 0.4) is 0 Å². The van der Waals surface area contributed by atoms with Crippen LogP contribution < -0.4 is 15.4 Å². The van der Waals surface area contributed by atoms with Gasteiger partial charge in [0.05, 0.1) is 19.3 Å². The number of nitrogens with zero attached hydrogens (tertiary/aromatic N) is 2. The summed E-state index contributed by atoms with van der Waals surface area (Å²) in [4.78, 5) is 24.2. The number of hydrogen-bond acceptors (Lipinski definition) is 7. The molecule has 0 saturated heterocycles. The van der Waals surface area contributed by atoms with Gasteiger partial charge in [-0.15, -0.1) is 10.2 Å². The molecule has 0 aliphatic heterocycles. The predicted molar refractivity (Wildman–Crippen MR) is 116 cm³/mol. The highest BCUT2D eigenvalue weighted by atomic mass is 32.2. The predicted octanol–water partition coefficient (Wildman–Crippen LogP) is 3.77. The summed E-state index contributed by atoms with van der Waals surface area (Å²) in [5.74, 6) is 0.648. The number of aryl methyl sites for hydroxylation is 1. The molecule has 3 rings (SSSR count). The summed E-state index contributed by atoms with van der Waals surface area (Å²) in [5.41, 5.74) is 2.71. The maximum Gasteiger partial charge on any atom is 0.234 e. The maximum absolute atomic E-state index is 12.2. The average molecular weight is 429 g/mol. The molecule has 0 bridgehead atoms. The van der Waals surface area contributed by atoms with Gasteiger partial charge >= 0.3 is 0 Å². The van der Waals surface area contributed by atoms with Crippen molar-refractivity contribution in [3.8, 4) is 5.75 Å². The SMILES string of the molecule is COc1ccc(CC(=O)Nc2nnc(SCC(=O)Nc3cccc(C)c3)s2)cc1. The number of thioether (sulfide) groups is 1. The third-order valence-corrected chi connectivity index (χ3v) is 5.78. The van der Waals surface area contributed by atoms with Crippen molar-refractivity contribution < 1.29 is 14.3 Å². The van der Waals surface area contributed by atoms with E-state index in [0.717, 1.165) is 22.6 Å². The van der Waals surface area contributed by atoms with Crippen LogP contribution in [0.25, 0.3) is 0 Å². The monoisotopic (exact) mass is 428 g/mol. The van der Waals surface area contributed by atoms with E-state index in [1.807, 2.05) is 55.5 Å². The summed E-state index contributed by atoms with van der Waals surface area (Å²) >= 11 is 2.51. The van der Waals surface area contributed by atoms with Crippen molar-refractivity contribution in [2.24, 2.45) is 0 Å². The zero-order chi connectivity index (χ0) is 20.6. The number of amides is 2. The highest BCUT2D eigenvalue weighted by Crippen LogP contribution is 2.25. The van der Waals surface area contributed by atoms with Crippen LogP contribution >= 0.6 is 23.1 Å². The lowest BCUT2D eigenvalue weighted by Gasteiger charge is -2.04. The third-order valence-electron chi connectivity index (χ3n) is 3.81. The highest BCUT2D eigenvalue weighted by molar-refractivity contribution is 8.01. The van der Waals surface area contributed by atoms with Crippen LogP contribution in [-0.4, -0.2) is 34.9 Å². The van der Waals surface area contributed by atoms with Crippen molar-refractivity contribution in [1.82, 2.24) is 10.2 Å². The summed E-state index contributed by atoms with van der Waals surface area (Å²) in [6.07, 6.45) is 0.227. The van der Waals surface area contributed by atoms with E-state index in [1.54, 1.807) is 7.11 Å². The number of carbonyl (C=O) groups is 2. The summed E-state index contributed by atoms with van der Waals surface area (Å²) in [6, 6.07) is 14.9. The van der Waals surface area contributed by atoms with Crippen molar-refractivity contribution in [2.75, 3.05) is 23.5 Å². The Balaban J connectivity index is 1.46. The molecule has 0 spiro atoms. The molecule has 0 atom stereocenters. The smallest absolute Gasteiger partial charge is 0.234 e. The summed E-state index contributed by atoms with van der Waals surface area (Å²) < 4.78 is 5.72. The Morgan fingerprint density at radius 1 is 1.07 bits per heavy atom. The van der Waals surface area contributed by atoms with Crippen LogP contribution in [-0.2, 0) is 16.0 Å². The number of carbonyl (C=O) groups excluding carboxylic acids is 2. The molecule has 7 nitrogen and oxygen atoms in total. The zero-order valence-electron chi connectivity index (χ0n) is 16.0. The minimum Gasteiger partial charge on any atom is -0.497 e. The van der Waals surface area contributed by atoms with Gasteiger partial charge in [-0.1, -0.05) is 47.4 Å². The number of methoxy groups -OCH3 is 1. The minimum absolute atomic E-state index is 0.124. The maximum atomic E-state index is 12.2. The molecule has 0 saturated carbocycles. The molecule has 0 radical (unpaired) electrons. The molecule has 150 valence electrons. The molecule has 0 fully saturated rings. The minimum atomic E-state index is -0.181. The number of benzene rings is 2. The molecular formula is C20H20N4O3S2. The Bertz CT molecular complexity index is 989. The van der Waals surface area contributed by atoms with Crippen molar-refractivity contribution in [2.45, 2.75) is 17.7 Å². The lowest BCUT2D eigenvalue weighted by atomic mass is 10.1. The number of nitrogens with one attached hydrogen (secondary N) is 2.